The maximum absolute atomic E-state index is 13.4. The Bertz CT molecular complexity index is 1420. The number of nitrogens with zero attached hydrogens (tertiary/aromatic N) is 4. The van der Waals surface area contributed by atoms with E-state index in [1.165, 1.54) is 12.1 Å². The van der Waals surface area contributed by atoms with E-state index in [-0.39, 0.29) is 18.1 Å². The largest absolute Gasteiger partial charge is 0.334 e. The lowest BCUT2D eigenvalue weighted by Crippen LogP contribution is -2.24. The minimum atomic E-state index is -0.350. The van der Waals surface area contributed by atoms with Crippen molar-refractivity contribution in [2.75, 3.05) is 0 Å². The second kappa shape index (κ2) is 6.93. The van der Waals surface area contributed by atoms with Crippen LogP contribution in [0.1, 0.15) is 5.69 Å². The van der Waals surface area contributed by atoms with Crippen LogP contribution in [0, 0.1) is 5.82 Å². The standard InChI is InChI=1S/C22H14BrFN4O/c23-21-17-4-2-1-3-14(17)11-26-18(21)13-27-20-12-25-10-9-19(20)28(22(27)29)16-7-5-15(24)6-8-16/h1-12H,13H2. The van der Waals surface area contributed by atoms with Crippen LogP contribution >= 0.6 is 15.9 Å². The molecule has 0 N–H and O–H groups in total. The third-order valence-corrected chi connectivity index (χ3v) is 5.82. The fourth-order valence-corrected chi connectivity index (χ4v) is 4.11. The van der Waals surface area contributed by atoms with Crippen molar-refractivity contribution < 1.29 is 4.39 Å². The van der Waals surface area contributed by atoms with Crippen molar-refractivity contribution in [3.8, 4) is 5.69 Å². The molecule has 3 aromatic heterocycles. The SMILES string of the molecule is O=c1n(Cc2ncc3ccccc3c2Br)c2cnccc2n1-c1ccc(F)cc1. The smallest absolute Gasteiger partial charge is 0.284 e. The molecule has 0 radical (unpaired) electrons. The van der Waals surface area contributed by atoms with Gasteiger partial charge in [0.2, 0.25) is 0 Å². The molecule has 0 spiro atoms. The van der Waals surface area contributed by atoms with Crippen molar-refractivity contribution in [1.29, 1.82) is 0 Å². The predicted octanol–water partition coefficient (Wildman–Crippen LogP) is 4.69. The molecule has 0 bridgehead atoms. The number of imidazole rings is 1. The lowest BCUT2D eigenvalue weighted by atomic mass is 10.1. The zero-order valence-electron chi connectivity index (χ0n) is 15.1. The van der Waals surface area contributed by atoms with Crippen LogP contribution in [0.15, 0.2) is 82.5 Å². The highest BCUT2D eigenvalue weighted by atomic mass is 79.9. The van der Waals surface area contributed by atoms with Gasteiger partial charge in [-0.15, -0.1) is 0 Å². The van der Waals surface area contributed by atoms with Crippen LogP contribution in [-0.4, -0.2) is 19.1 Å². The summed E-state index contributed by atoms with van der Waals surface area (Å²) in [5.74, 6) is -0.350. The fraction of sp³-hybridized carbons (Fsp3) is 0.0455. The van der Waals surface area contributed by atoms with Crippen LogP contribution in [0.3, 0.4) is 0 Å². The summed E-state index contributed by atoms with van der Waals surface area (Å²) >= 11 is 3.65. The van der Waals surface area contributed by atoms with Gasteiger partial charge in [0.25, 0.3) is 0 Å². The van der Waals surface area contributed by atoms with Crippen molar-refractivity contribution in [2.45, 2.75) is 6.54 Å². The first-order valence-corrected chi connectivity index (χ1v) is 9.76. The van der Waals surface area contributed by atoms with Crippen LogP contribution < -0.4 is 5.69 Å². The lowest BCUT2D eigenvalue weighted by Gasteiger charge is -2.08. The van der Waals surface area contributed by atoms with Crippen LogP contribution in [0.4, 0.5) is 4.39 Å². The number of aromatic nitrogens is 4. The molecule has 0 atom stereocenters. The minimum absolute atomic E-state index is 0.235. The quantitative estimate of drug-likeness (QED) is 0.402. The Balaban J connectivity index is 1.71. The summed E-state index contributed by atoms with van der Waals surface area (Å²) in [5.41, 5.74) is 2.49. The van der Waals surface area contributed by atoms with Gasteiger partial charge in [-0.05, 0) is 51.6 Å². The van der Waals surface area contributed by atoms with Crippen molar-refractivity contribution in [1.82, 2.24) is 19.1 Å². The van der Waals surface area contributed by atoms with Crippen molar-refractivity contribution in [3.63, 3.8) is 0 Å². The van der Waals surface area contributed by atoms with Crippen molar-refractivity contribution in [2.24, 2.45) is 0 Å². The van der Waals surface area contributed by atoms with Gasteiger partial charge in [-0.25, -0.2) is 9.18 Å². The maximum Gasteiger partial charge on any atom is 0.334 e. The van der Waals surface area contributed by atoms with Gasteiger partial charge in [-0.2, -0.15) is 0 Å². The highest BCUT2D eigenvalue weighted by Crippen LogP contribution is 2.27. The highest BCUT2D eigenvalue weighted by Gasteiger charge is 2.17. The van der Waals surface area contributed by atoms with Crippen LogP contribution in [-0.2, 0) is 6.54 Å². The van der Waals surface area contributed by atoms with E-state index in [1.807, 2.05) is 24.3 Å². The molecule has 5 nitrogen and oxygen atoms in total. The lowest BCUT2D eigenvalue weighted by molar-refractivity contribution is 0.627. The van der Waals surface area contributed by atoms with Crippen molar-refractivity contribution in [3.05, 3.63) is 99.7 Å². The molecule has 3 heterocycles. The molecule has 142 valence electrons. The Kier molecular flexibility index (Phi) is 4.24. The summed E-state index contributed by atoms with van der Waals surface area (Å²) in [6.07, 6.45) is 5.10. The molecule has 0 saturated heterocycles. The van der Waals surface area contributed by atoms with E-state index in [9.17, 15) is 9.18 Å². The van der Waals surface area contributed by atoms with Gasteiger partial charge in [-0.3, -0.25) is 19.1 Å². The first-order chi connectivity index (χ1) is 14.1. The highest BCUT2D eigenvalue weighted by molar-refractivity contribution is 9.10. The molecule has 2 aromatic carbocycles. The Labute approximate surface area is 173 Å². The van der Waals surface area contributed by atoms with E-state index in [4.69, 9.17) is 0 Å². The van der Waals surface area contributed by atoms with E-state index in [0.717, 1.165) is 20.9 Å². The molecule has 0 aliphatic carbocycles. The summed E-state index contributed by atoms with van der Waals surface area (Å²) in [4.78, 5) is 22.1. The van der Waals surface area contributed by atoms with E-state index < -0.39 is 0 Å². The molecule has 0 fully saturated rings. The molecule has 0 amide bonds. The molecule has 29 heavy (non-hydrogen) atoms. The Hall–Kier alpha value is -3.32. The van der Waals surface area contributed by atoms with Gasteiger partial charge in [0.05, 0.1) is 35.2 Å². The average molecular weight is 449 g/mol. The van der Waals surface area contributed by atoms with Crippen molar-refractivity contribution >= 4 is 37.7 Å². The first-order valence-electron chi connectivity index (χ1n) is 8.97. The minimum Gasteiger partial charge on any atom is -0.284 e. The second-order valence-electron chi connectivity index (χ2n) is 6.65. The monoisotopic (exact) mass is 448 g/mol. The molecular weight excluding hydrogens is 435 g/mol. The van der Waals surface area contributed by atoms with Crippen LogP contribution in [0.2, 0.25) is 0 Å². The number of fused-ring (bicyclic) bond motifs is 2. The Morgan fingerprint density at radius 3 is 2.59 bits per heavy atom. The van der Waals surface area contributed by atoms with Gasteiger partial charge in [0.15, 0.2) is 0 Å². The predicted molar refractivity (Wildman–Crippen MR) is 114 cm³/mol. The Morgan fingerprint density at radius 2 is 1.76 bits per heavy atom. The second-order valence-corrected chi connectivity index (χ2v) is 7.44. The van der Waals surface area contributed by atoms with Gasteiger partial charge < -0.3 is 0 Å². The molecular formula is C22H14BrFN4O. The molecule has 5 rings (SSSR count). The summed E-state index contributed by atoms with van der Waals surface area (Å²) in [7, 11) is 0. The van der Waals surface area contributed by atoms with E-state index in [1.54, 1.807) is 45.9 Å². The molecule has 7 heteroatoms. The summed E-state index contributed by atoms with van der Waals surface area (Å²) in [6, 6.07) is 15.6. The summed E-state index contributed by atoms with van der Waals surface area (Å²) in [5, 5.41) is 2.05. The molecule has 0 saturated carbocycles. The van der Waals surface area contributed by atoms with Gasteiger partial charge in [0.1, 0.15) is 5.82 Å². The average Bonchev–Trinajstić information content (AvgIpc) is 3.02. The normalized spacial score (nSPS) is 11.4. The van der Waals surface area contributed by atoms with Crippen LogP contribution in [0.5, 0.6) is 0 Å². The molecule has 0 aliphatic heterocycles. The number of rotatable bonds is 3. The number of hydrogen-bond acceptors (Lipinski definition) is 3. The third kappa shape index (κ3) is 2.94. The first kappa shape index (κ1) is 17.8. The summed E-state index contributed by atoms with van der Waals surface area (Å²) < 4.78 is 17.4. The van der Waals surface area contributed by atoms with E-state index >= 15 is 0 Å². The van der Waals surface area contributed by atoms with E-state index in [0.29, 0.717) is 16.7 Å². The zero-order valence-corrected chi connectivity index (χ0v) is 16.7. The summed E-state index contributed by atoms with van der Waals surface area (Å²) in [6.45, 7) is 0.278. The van der Waals surface area contributed by atoms with Crippen LogP contribution in [0.25, 0.3) is 27.5 Å². The number of benzene rings is 2. The third-order valence-electron chi connectivity index (χ3n) is 4.93. The van der Waals surface area contributed by atoms with Gasteiger partial charge in [0, 0.05) is 22.3 Å². The topological polar surface area (TPSA) is 52.7 Å². The molecule has 5 aromatic rings. The Morgan fingerprint density at radius 1 is 0.966 bits per heavy atom. The van der Waals surface area contributed by atoms with Gasteiger partial charge in [-0.1, -0.05) is 24.3 Å². The molecule has 0 unspecified atom stereocenters. The maximum atomic E-state index is 13.4. The van der Waals surface area contributed by atoms with Gasteiger partial charge >= 0.3 is 5.69 Å². The number of hydrogen-bond donors (Lipinski definition) is 0. The number of halogens is 2. The molecule has 0 aliphatic rings. The number of pyridine rings is 2. The fourth-order valence-electron chi connectivity index (χ4n) is 3.52. The van der Waals surface area contributed by atoms with E-state index in [2.05, 4.69) is 25.9 Å². The zero-order chi connectivity index (χ0) is 20.0.